The van der Waals surface area contributed by atoms with Crippen LogP contribution < -0.4 is 5.32 Å². The van der Waals surface area contributed by atoms with E-state index < -0.39 is 4.92 Å². The number of halogens is 1. The number of nitrogens with one attached hydrogen (secondary N) is 1. The van der Waals surface area contributed by atoms with Crippen molar-refractivity contribution in [3.63, 3.8) is 0 Å². The standard InChI is InChI=1S/C19H14ClN5O3S2/c1-24-18(13-9-29-16-5-3-2-4-12(13)16)22-23-19(24)30-10-17(26)21-15-8-11(25(27)28)6-7-14(15)20/h2-9H,10H2,1H3,(H,21,26). The highest BCUT2D eigenvalue weighted by Gasteiger charge is 2.17. The predicted molar refractivity (Wildman–Crippen MR) is 119 cm³/mol. The van der Waals surface area contributed by atoms with E-state index in [1.807, 2.05) is 35.2 Å². The van der Waals surface area contributed by atoms with Gasteiger partial charge in [-0.3, -0.25) is 14.9 Å². The molecule has 0 unspecified atom stereocenters. The third kappa shape index (κ3) is 4.02. The number of rotatable bonds is 6. The van der Waals surface area contributed by atoms with Gasteiger partial charge in [0, 0.05) is 40.2 Å². The lowest BCUT2D eigenvalue weighted by molar-refractivity contribution is -0.384. The number of non-ortho nitro benzene ring substituents is 1. The quantitative estimate of drug-likeness (QED) is 0.247. The lowest BCUT2D eigenvalue weighted by atomic mass is 10.2. The predicted octanol–water partition coefficient (Wildman–Crippen LogP) is 4.99. The Balaban J connectivity index is 1.47. The van der Waals surface area contributed by atoms with Gasteiger partial charge in [0.1, 0.15) is 0 Å². The average molecular weight is 460 g/mol. The van der Waals surface area contributed by atoms with Crippen LogP contribution >= 0.6 is 34.7 Å². The number of fused-ring (bicyclic) bond motifs is 1. The van der Waals surface area contributed by atoms with Crippen molar-refractivity contribution in [2.75, 3.05) is 11.1 Å². The van der Waals surface area contributed by atoms with Crippen LogP contribution in [0, 0.1) is 10.1 Å². The van der Waals surface area contributed by atoms with Crippen LogP contribution in [-0.2, 0) is 11.8 Å². The zero-order chi connectivity index (χ0) is 21.3. The molecule has 0 saturated heterocycles. The Bertz CT molecular complexity index is 1270. The molecule has 4 rings (SSSR count). The van der Waals surface area contributed by atoms with E-state index in [0.29, 0.717) is 5.16 Å². The van der Waals surface area contributed by atoms with Gasteiger partial charge in [-0.05, 0) is 12.1 Å². The van der Waals surface area contributed by atoms with Gasteiger partial charge in [-0.2, -0.15) is 0 Å². The second-order valence-electron chi connectivity index (χ2n) is 6.27. The zero-order valence-corrected chi connectivity index (χ0v) is 17.9. The fourth-order valence-corrected chi connectivity index (χ4v) is 4.68. The first-order valence-electron chi connectivity index (χ1n) is 8.66. The van der Waals surface area contributed by atoms with Crippen LogP contribution in [0.25, 0.3) is 21.5 Å². The van der Waals surface area contributed by atoms with Crippen LogP contribution in [0.3, 0.4) is 0 Å². The van der Waals surface area contributed by atoms with Crippen molar-refractivity contribution in [3.05, 3.63) is 63.0 Å². The van der Waals surface area contributed by atoms with Gasteiger partial charge in [0.2, 0.25) is 5.91 Å². The van der Waals surface area contributed by atoms with Gasteiger partial charge in [-0.1, -0.05) is 41.6 Å². The molecule has 2 heterocycles. The highest BCUT2D eigenvalue weighted by molar-refractivity contribution is 7.99. The van der Waals surface area contributed by atoms with E-state index in [1.165, 1.54) is 30.0 Å². The van der Waals surface area contributed by atoms with Crippen LogP contribution in [0.4, 0.5) is 11.4 Å². The lowest BCUT2D eigenvalue weighted by Gasteiger charge is -2.07. The minimum absolute atomic E-state index is 0.0510. The molecule has 4 aromatic rings. The fourth-order valence-electron chi connectivity index (χ4n) is 2.87. The Kier molecular flexibility index (Phi) is 5.71. The summed E-state index contributed by atoms with van der Waals surface area (Å²) in [7, 11) is 1.85. The topological polar surface area (TPSA) is 103 Å². The van der Waals surface area contributed by atoms with Gasteiger partial charge in [0.25, 0.3) is 5.69 Å². The molecule has 152 valence electrons. The minimum atomic E-state index is -0.546. The Morgan fingerprint density at radius 2 is 2.10 bits per heavy atom. The number of carbonyl (C=O) groups excluding carboxylic acids is 1. The number of nitro benzene ring substituents is 1. The largest absolute Gasteiger partial charge is 0.324 e. The highest BCUT2D eigenvalue weighted by atomic mass is 35.5. The number of amides is 1. The number of carbonyl (C=O) groups is 1. The average Bonchev–Trinajstić information content (AvgIpc) is 3.31. The summed E-state index contributed by atoms with van der Waals surface area (Å²) < 4.78 is 3.00. The molecule has 0 aliphatic heterocycles. The third-order valence-electron chi connectivity index (χ3n) is 4.32. The van der Waals surface area contributed by atoms with Gasteiger partial charge in [0.15, 0.2) is 11.0 Å². The Morgan fingerprint density at radius 1 is 1.30 bits per heavy atom. The molecular weight excluding hydrogens is 446 g/mol. The molecule has 2 aromatic carbocycles. The number of thiophene rings is 1. The van der Waals surface area contributed by atoms with E-state index in [2.05, 4.69) is 21.6 Å². The van der Waals surface area contributed by atoms with E-state index in [9.17, 15) is 14.9 Å². The third-order valence-corrected chi connectivity index (χ3v) is 6.64. The van der Waals surface area contributed by atoms with E-state index >= 15 is 0 Å². The van der Waals surface area contributed by atoms with Crippen molar-refractivity contribution in [1.82, 2.24) is 14.8 Å². The van der Waals surface area contributed by atoms with E-state index in [0.717, 1.165) is 21.5 Å². The molecular formula is C19H14ClN5O3S2. The van der Waals surface area contributed by atoms with Gasteiger partial charge >= 0.3 is 0 Å². The van der Waals surface area contributed by atoms with Crippen LogP contribution in [0.15, 0.2) is 53.0 Å². The van der Waals surface area contributed by atoms with Gasteiger partial charge in [0.05, 0.1) is 21.4 Å². The summed E-state index contributed by atoms with van der Waals surface area (Å²) in [6, 6.07) is 12.0. The summed E-state index contributed by atoms with van der Waals surface area (Å²) >= 11 is 8.88. The normalized spacial score (nSPS) is 11.0. The van der Waals surface area contributed by atoms with E-state index in [-0.39, 0.29) is 28.1 Å². The van der Waals surface area contributed by atoms with Crippen molar-refractivity contribution in [2.24, 2.45) is 7.05 Å². The molecule has 0 atom stereocenters. The number of thioether (sulfide) groups is 1. The number of hydrogen-bond acceptors (Lipinski definition) is 7. The summed E-state index contributed by atoms with van der Waals surface area (Å²) in [6.07, 6.45) is 0. The van der Waals surface area contributed by atoms with Crippen LogP contribution in [0.2, 0.25) is 5.02 Å². The van der Waals surface area contributed by atoms with Gasteiger partial charge < -0.3 is 9.88 Å². The summed E-state index contributed by atoms with van der Waals surface area (Å²) in [5.41, 5.74) is 1.04. The number of hydrogen-bond donors (Lipinski definition) is 1. The highest BCUT2D eigenvalue weighted by Crippen LogP contribution is 2.34. The SMILES string of the molecule is Cn1c(SCC(=O)Nc2cc([N+](=O)[O-])ccc2Cl)nnc1-c1csc2ccccc12. The van der Waals surface area contributed by atoms with Gasteiger partial charge in [-0.15, -0.1) is 21.5 Å². The molecule has 0 aliphatic rings. The summed E-state index contributed by atoms with van der Waals surface area (Å²) in [6.45, 7) is 0. The maximum atomic E-state index is 12.3. The molecule has 0 aliphatic carbocycles. The smallest absolute Gasteiger partial charge is 0.271 e. The van der Waals surface area contributed by atoms with Crippen LogP contribution in [-0.4, -0.2) is 31.3 Å². The maximum absolute atomic E-state index is 12.3. The number of aromatic nitrogens is 3. The molecule has 8 nitrogen and oxygen atoms in total. The lowest BCUT2D eigenvalue weighted by Crippen LogP contribution is -2.15. The molecule has 0 spiro atoms. The molecule has 1 N–H and O–H groups in total. The van der Waals surface area contributed by atoms with Crippen LogP contribution in [0.1, 0.15) is 0 Å². The minimum Gasteiger partial charge on any atom is -0.324 e. The van der Waals surface area contributed by atoms with Gasteiger partial charge in [-0.25, -0.2) is 0 Å². The molecule has 0 radical (unpaired) electrons. The number of nitro groups is 1. The Morgan fingerprint density at radius 3 is 2.90 bits per heavy atom. The van der Waals surface area contributed by atoms with Crippen molar-refractivity contribution < 1.29 is 9.72 Å². The first-order chi connectivity index (χ1) is 14.4. The number of nitrogens with zero attached hydrogens (tertiary/aromatic N) is 4. The number of benzene rings is 2. The monoisotopic (exact) mass is 459 g/mol. The first-order valence-corrected chi connectivity index (χ1v) is 10.9. The second kappa shape index (κ2) is 8.42. The molecule has 0 bridgehead atoms. The summed E-state index contributed by atoms with van der Waals surface area (Å²) in [4.78, 5) is 22.7. The molecule has 30 heavy (non-hydrogen) atoms. The fraction of sp³-hybridized carbons (Fsp3) is 0.105. The van der Waals surface area contributed by atoms with Crippen molar-refractivity contribution in [1.29, 1.82) is 0 Å². The zero-order valence-electron chi connectivity index (χ0n) is 15.5. The van der Waals surface area contributed by atoms with Crippen molar-refractivity contribution in [2.45, 2.75) is 5.16 Å². The molecule has 0 saturated carbocycles. The summed E-state index contributed by atoms with van der Waals surface area (Å²) in [5.74, 6) is 0.417. The maximum Gasteiger partial charge on any atom is 0.271 e. The van der Waals surface area contributed by atoms with Crippen molar-refractivity contribution >= 4 is 62.1 Å². The summed E-state index contributed by atoms with van der Waals surface area (Å²) in [5, 5.41) is 26.0. The molecule has 1 amide bonds. The second-order valence-corrected chi connectivity index (χ2v) is 8.53. The Labute approximate surface area is 184 Å². The van der Waals surface area contributed by atoms with E-state index in [4.69, 9.17) is 11.6 Å². The van der Waals surface area contributed by atoms with E-state index in [1.54, 1.807) is 11.3 Å². The molecule has 2 aromatic heterocycles. The van der Waals surface area contributed by atoms with Crippen molar-refractivity contribution in [3.8, 4) is 11.4 Å². The first kappa shape index (κ1) is 20.3. The molecule has 11 heteroatoms. The van der Waals surface area contributed by atoms with Crippen LogP contribution in [0.5, 0.6) is 0 Å². The molecule has 0 fully saturated rings. The number of anilines is 1. The Hall–Kier alpha value is -2.95.